The van der Waals surface area contributed by atoms with Crippen molar-refractivity contribution >= 4 is 11.8 Å². The van der Waals surface area contributed by atoms with Gasteiger partial charge in [0.05, 0.1) is 0 Å². The number of carbonyl (C=O) groups excluding carboxylic acids is 2. The minimum Gasteiger partial charge on any atom is -0.356 e. The molecule has 1 aliphatic carbocycles. The fourth-order valence-corrected chi connectivity index (χ4v) is 3.08. The molecule has 0 atom stereocenters. The van der Waals surface area contributed by atoms with Gasteiger partial charge in [-0.15, -0.1) is 0 Å². The maximum absolute atomic E-state index is 11.9. The van der Waals surface area contributed by atoms with Gasteiger partial charge in [-0.3, -0.25) is 9.59 Å². The fraction of sp³-hybridized carbons (Fsp3) is 0.882. The van der Waals surface area contributed by atoms with Gasteiger partial charge in [0, 0.05) is 32.5 Å². The lowest BCUT2D eigenvalue weighted by molar-refractivity contribution is -0.132. The van der Waals surface area contributed by atoms with Gasteiger partial charge < -0.3 is 10.2 Å². The van der Waals surface area contributed by atoms with Crippen molar-refractivity contribution < 1.29 is 9.59 Å². The van der Waals surface area contributed by atoms with E-state index in [4.69, 9.17) is 0 Å². The van der Waals surface area contributed by atoms with Crippen LogP contribution >= 0.6 is 0 Å². The van der Waals surface area contributed by atoms with Crippen LogP contribution in [0.15, 0.2) is 0 Å². The first-order valence-corrected chi connectivity index (χ1v) is 8.69. The van der Waals surface area contributed by atoms with Crippen LogP contribution in [-0.4, -0.2) is 35.8 Å². The quantitative estimate of drug-likeness (QED) is 0.552. The van der Waals surface area contributed by atoms with Crippen LogP contribution in [-0.2, 0) is 9.59 Å². The Morgan fingerprint density at radius 1 is 1.10 bits per heavy atom. The van der Waals surface area contributed by atoms with E-state index in [1.54, 1.807) is 6.92 Å². The summed E-state index contributed by atoms with van der Waals surface area (Å²) in [5.74, 6) is 0.187. The van der Waals surface area contributed by atoms with Gasteiger partial charge in [0.1, 0.15) is 0 Å². The second-order valence-electron chi connectivity index (χ2n) is 6.16. The van der Waals surface area contributed by atoms with E-state index in [0.717, 1.165) is 38.6 Å². The van der Waals surface area contributed by atoms with Gasteiger partial charge in [-0.25, -0.2) is 0 Å². The van der Waals surface area contributed by atoms with Crippen molar-refractivity contribution in [1.29, 1.82) is 0 Å². The maximum Gasteiger partial charge on any atom is 0.221 e. The van der Waals surface area contributed by atoms with Crippen molar-refractivity contribution in [2.24, 2.45) is 0 Å². The molecule has 1 aliphatic rings. The number of hydrogen-bond donors (Lipinski definition) is 1. The van der Waals surface area contributed by atoms with Crippen LogP contribution in [0.3, 0.4) is 0 Å². The second-order valence-corrected chi connectivity index (χ2v) is 6.16. The van der Waals surface area contributed by atoms with Crippen molar-refractivity contribution in [2.75, 3.05) is 13.1 Å². The molecule has 2 amide bonds. The number of hydrogen-bond acceptors (Lipinski definition) is 2. The minimum absolute atomic E-state index is 0.0750. The number of nitrogens with zero attached hydrogens (tertiary/aromatic N) is 1. The number of nitrogens with one attached hydrogen (secondary N) is 1. The van der Waals surface area contributed by atoms with Crippen molar-refractivity contribution in [3.8, 4) is 0 Å². The van der Waals surface area contributed by atoms with E-state index in [0.29, 0.717) is 19.0 Å². The van der Waals surface area contributed by atoms with Crippen LogP contribution in [0.2, 0.25) is 0 Å². The summed E-state index contributed by atoms with van der Waals surface area (Å²) in [4.78, 5) is 25.6. The first-order chi connectivity index (χ1) is 10.1. The van der Waals surface area contributed by atoms with E-state index in [1.807, 2.05) is 4.90 Å². The van der Waals surface area contributed by atoms with Gasteiger partial charge in [-0.05, 0) is 19.3 Å². The average molecular weight is 296 g/mol. The lowest BCUT2D eigenvalue weighted by Crippen LogP contribution is -2.41. The molecule has 0 aliphatic heterocycles. The summed E-state index contributed by atoms with van der Waals surface area (Å²) < 4.78 is 0. The first-order valence-electron chi connectivity index (χ1n) is 8.69. The van der Waals surface area contributed by atoms with E-state index in [-0.39, 0.29) is 11.8 Å². The summed E-state index contributed by atoms with van der Waals surface area (Å²) in [5.41, 5.74) is 0. The molecule has 0 bridgehead atoms. The number of rotatable bonds is 8. The Labute approximate surface area is 129 Å². The highest BCUT2D eigenvalue weighted by Crippen LogP contribution is 2.22. The summed E-state index contributed by atoms with van der Waals surface area (Å²) in [6.45, 7) is 5.11. The Morgan fingerprint density at radius 3 is 2.33 bits per heavy atom. The molecular formula is C17H32N2O2. The molecule has 0 aromatic carbocycles. The third kappa shape index (κ3) is 7.49. The molecule has 0 spiro atoms. The summed E-state index contributed by atoms with van der Waals surface area (Å²) in [5, 5.41) is 2.95. The number of carbonyl (C=O) groups is 2. The molecule has 1 N–H and O–H groups in total. The van der Waals surface area contributed by atoms with Crippen molar-refractivity contribution in [3.63, 3.8) is 0 Å². The molecule has 1 saturated carbocycles. The van der Waals surface area contributed by atoms with Crippen molar-refractivity contribution in [3.05, 3.63) is 0 Å². The molecule has 1 fully saturated rings. The van der Waals surface area contributed by atoms with E-state index in [9.17, 15) is 9.59 Å². The molecule has 4 nitrogen and oxygen atoms in total. The van der Waals surface area contributed by atoms with Crippen LogP contribution in [0.1, 0.15) is 78.1 Å². The van der Waals surface area contributed by atoms with E-state index < -0.39 is 0 Å². The molecule has 0 saturated heterocycles. The van der Waals surface area contributed by atoms with Crippen LogP contribution in [0.4, 0.5) is 0 Å². The van der Waals surface area contributed by atoms with Gasteiger partial charge in [0.2, 0.25) is 11.8 Å². The molecule has 0 aromatic heterocycles. The van der Waals surface area contributed by atoms with Crippen LogP contribution in [0.25, 0.3) is 0 Å². The van der Waals surface area contributed by atoms with Gasteiger partial charge in [-0.1, -0.05) is 45.4 Å². The lowest BCUT2D eigenvalue weighted by Gasteiger charge is -2.30. The van der Waals surface area contributed by atoms with Crippen LogP contribution in [0, 0.1) is 0 Å². The van der Waals surface area contributed by atoms with E-state index >= 15 is 0 Å². The Kier molecular flexibility index (Phi) is 9.11. The topological polar surface area (TPSA) is 49.4 Å². The molecule has 122 valence electrons. The summed E-state index contributed by atoms with van der Waals surface area (Å²) in [6, 6.07) is 0.345. The molecule has 0 aromatic rings. The zero-order valence-electron chi connectivity index (χ0n) is 13.8. The molecule has 21 heavy (non-hydrogen) atoms. The highest BCUT2D eigenvalue weighted by molar-refractivity contribution is 5.78. The van der Waals surface area contributed by atoms with Crippen LogP contribution < -0.4 is 5.32 Å². The third-order valence-electron chi connectivity index (χ3n) is 4.35. The standard InChI is InChI=1S/C17H32N2O2/c1-3-4-9-13-18-17(21)12-14-19(15(2)20)16-10-7-5-6-8-11-16/h16H,3-14H2,1-2H3,(H,18,21). The average Bonchev–Trinajstić information content (AvgIpc) is 2.73. The highest BCUT2D eigenvalue weighted by atomic mass is 16.2. The highest BCUT2D eigenvalue weighted by Gasteiger charge is 2.22. The molecule has 1 rings (SSSR count). The van der Waals surface area contributed by atoms with Crippen molar-refractivity contribution in [1.82, 2.24) is 10.2 Å². The lowest BCUT2D eigenvalue weighted by atomic mass is 10.1. The Morgan fingerprint density at radius 2 is 1.76 bits per heavy atom. The zero-order chi connectivity index (χ0) is 15.5. The van der Waals surface area contributed by atoms with E-state index in [1.165, 1.54) is 25.7 Å². The van der Waals surface area contributed by atoms with E-state index in [2.05, 4.69) is 12.2 Å². The molecule has 0 heterocycles. The SMILES string of the molecule is CCCCCNC(=O)CCN(C(C)=O)C1CCCCCC1. The van der Waals surface area contributed by atoms with Gasteiger partial charge in [0.15, 0.2) is 0 Å². The second kappa shape index (κ2) is 10.6. The Balaban J connectivity index is 2.33. The van der Waals surface area contributed by atoms with Gasteiger partial charge in [0.25, 0.3) is 0 Å². The maximum atomic E-state index is 11.9. The number of unbranched alkanes of at least 4 members (excludes halogenated alkanes) is 2. The third-order valence-corrected chi connectivity index (χ3v) is 4.35. The van der Waals surface area contributed by atoms with Gasteiger partial charge >= 0.3 is 0 Å². The van der Waals surface area contributed by atoms with Crippen LogP contribution in [0.5, 0.6) is 0 Å². The molecule has 4 heteroatoms. The molecule has 0 unspecified atom stereocenters. The Bertz CT molecular complexity index is 310. The zero-order valence-corrected chi connectivity index (χ0v) is 13.8. The first kappa shape index (κ1) is 18.0. The monoisotopic (exact) mass is 296 g/mol. The fourth-order valence-electron chi connectivity index (χ4n) is 3.08. The number of amides is 2. The normalized spacial score (nSPS) is 16.3. The predicted octanol–water partition coefficient (Wildman–Crippen LogP) is 3.25. The summed E-state index contributed by atoms with van der Waals surface area (Å²) >= 11 is 0. The summed E-state index contributed by atoms with van der Waals surface area (Å²) in [7, 11) is 0. The molecule has 0 radical (unpaired) electrons. The minimum atomic E-state index is 0.0750. The largest absolute Gasteiger partial charge is 0.356 e. The smallest absolute Gasteiger partial charge is 0.221 e. The molecular weight excluding hydrogens is 264 g/mol. The van der Waals surface area contributed by atoms with Gasteiger partial charge in [-0.2, -0.15) is 0 Å². The summed E-state index contributed by atoms with van der Waals surface area (Å²) in [6.07, 6.45) is 11.0. The Hall–Kier alpha value is -1.06. The van der Waals surface area contributed by atoms with Crippen molar-refractivity contribution in [2.45, 2.75) is 84.1 Å². The predicted molar refractivity (Wildman–Crippen MR) is 86.0 cm³/mol.